The Bertz CT molecular complexity index is 503. The van der Waals surface area contributed by atoms with E-state index in [1.807, 2.05) is 0 Å². The Labute approximate surface area is 109 Å². The van der Waals surface area contributed by atoms with Gasteiger partial charge < -0.3 is 16.2 Å². The first-order chi connectivity index (χ1) is 8.49. The van der Waals surface area contributed by atoms with Crippen LogP contribution in [0.15, 0.2) is 18.2 Å². The molecule has 1 unspecified atom stereocenters. The highest BCUT2D eigenvalue weighted by Crippen LogP contribution is 2.33. The molecule has 2 rings (SSSR count). The summed E-state index contributed by atoms with van der Waals surface area (Å²) in [4.78, 5) is 12.1. The van der Waals surface area contributed by atoms with Crippen molar-refractivity contribution in [3.05, 3.63) is 29.6 Å². The second kappa shape index (κ2) is 4.89. The molecule has 0 spiro atoms. The predicted octanol–water partition coefficient (Wildman–Crippen LogP) is 1.33. The van der Waals surface area contributed by atoms with E-state index in [-0.39, 0.29) is 28.3 Å². The fraction of sp³-hybridized carbons (Fsp3) is 0.333. The van der Waals surface area contributed by atoms with E-state index in [1.54, 1.807) is 0 Å². The predicted molar refractivity (Wildman–Crippen MR) is 68.8 cm³/mol. The van der Waals surface area contributed by atoms with Gasteiger partial charge in [-0.2, -0.15) is 0 Å². The number of aromatic hydroxyl groups is 1. The topological polar surface area (TPSA) is 75.3 Å². The summed E-state index contributed by atoms with van der Waals surface area (Å²) in [7, 11) is 0. The SMILES string of the molecule is NC(=S)C(NC(=O)c1ccc(O)cc1F)C1CC1. The Morgan fingerprint density at radius 3 is 2.72 bits per heavy atom. The summed E-state index contributed by atoms with van der Waals surface area (Å²) >= 11 is 4.88. The van der Waals surface area contributed by atoms with Crippen LogP contribution in [0.4, 0.5) is 4.39 Å². The van der Waals surface area contributed by atoms with E-state index < -0.39 is 11.7 Å². The fourth-order valence-corrected chi connectivity index (χ4v) is 2.01. The minimum atomic E-state index is -0.773. The van der Waals surface area contributed by atoms with Gasteiger partial charge in [0, 0.05) is 6.07 Å². The smallest absolute Gasteiger partial charge is 0.254 e. The molecule has 1 atom stereocenters. The van der Waals surface area contributed by atoms with Crippen molar-refractivity contribution in [3.8, 4) is 5.75 Å². The van der Waals surface area contributed by atoms with Crippen molar-refractivity contribution in [1.82, 2.24) is 5.32 Å². The number of nitrogens with two attached hydrogens (primary N) is 1. The van der Waals surface area contributed by atoms with Crippen molar-refractivity contribution < 1.29 is 14.3 Å². The number of rotatable bonds is 4. The average Bonchev–Trinajstić information content (AvgIpc) is 3.08. The number of hydrogen-bond acceptors (Lipinski definition) is 3. The molecule has 1 fully saturated rings. The van der Waals surface area contributed by atoms with Gasteiger partial charge in [0.15, 0.2) is 0 Å². The number of amides is 1. The van der Waals surface area contributed by atoms with Crippen molar-refractivity contribution in [2.75, 3.05) is 0 Å². The summed E-state index contributed by atoms with van der Waals surface area (Å²) < 4.78 is 13.5. The van der Waals surface area contributed by atoms with Gasteiger partial charge in [-0.05, 0) is 30.9 Å². The first-order valence-electron chi connectivity index (χ1n) is 5.57. The molecule has 1 aliphatic carbocycles. The molecule has 0 heterocycles. The molecular formula is C12H13FN2O2S. The molecule has 6 heteroatoms. The molecule has 4 nitrogen and oxygen atoms in total. The van der Waals surface area contributed by atoms with Crippen LogP contribution in [0.25, 0.3) is 0 Å². The van der Waals surface area contributed by atoms with Crippen LogP contribution in [0.3, 0.4) is 0 Å². The summed E-state index contributed by atoms with van der Waals surface area (Å²) in [5, 5.41) is 11.7. The van der Waals surface area contributed by atoms with Crippen molar-refractivity contribution in [2.45, 2.75) is 18.9 Å². The summed E-state index contributed by atoms with van der Waals surface area (Å²) in [5.41, 5.74) is 5.42. The highest BCUT2D eigenvalue weighted by atomic mass is 32.1. The van der Waals surface area contributed by atoms with Gasteiger partial charge in [0.25, 0.3) is 5.91 Å². The minimum Gasteiger partial charge on any atom is -0.508 e. The third kappa shape index (κ3) is 2.76. The number of phenolic OH excluding ortho intramolecular Hbond substituents is 1. The lowest BCUT2D eigenvalue weighted by Gasteiger charge is -2.16. The lowest BCUT2D eigenvalue weighted by atomic mass is 10.1. The molecule has 0 aliphatic heterocycles. The van der Waals surface area contributed by atoms with Crippen molar-refractivity contribution >= 4 is 23.1 Å². The number of thiocarbonyl (C=S) groups is 1. The Hall–Kier alpha value is -1.69. The van der Waals surface area contributed by atoms with E-state index >= 15 is 0 Å². The van der Waals surface area contributed by atoms with Gasteiger partial charge >= 0.3 is 0 Å². The average molecular weight is 268 g/mol. The summed E-state index contributed by atoms with van der Waals surface area (Å²) in [6.07, 6.45) is 1.92. The molecular weight excluding hydrogens is 255 g/mol. The monoisotopic (exact) mass is 268 g/mol. The van der Waals surface area contributed by atoms with Crippen molar-refractivity contribution in [2.24, 2.45) is 11.7 Å². The number of phenols is 1. The summed E-state index contributed by atoms with van der Waals surface area (Å²) in [5.74, 6) is -1.31. The molecule has 0 saturated heterocycles. The Morgan fingerprint density at radius 2 is 2.22 bits per heavy atom. The maximum atomic E-state index is 13.5. The molecule has 1 aromatic carbocycles. The molecule has 1 amide bonds. The van der Waals surface area contributed by atoms with E-state index in [9.17, 15) is 9.18 Å². The summed E-state index contributed by atoms with van der Waals surface area (Å²) in [6.45, 7) is 0. The van der Waals surface area contributed by atoms with Gasteiger partial charge in [0.2, 0.25) is 0 Å². The van der Waals surface area contributed by atoms with Gasteiger partial charge in [-0.1, -0.05) is 12.2 Å². The van der Waals surface area contributed by atoms with E-state index in [2.05, 4.69) is 5.32 Å². The molecule has 4 N–H and O–H groups in total. The molecule has 18 heavy (non-hydrogen) atoms. The van der Waals surface area contributed by atoms with Crippen LogP contribution in [-0.2, 0) is 0 Å². The third-order valence-electron chi connectivity index (χ3n) is 2.88. The molecule has 1 aliphatic rings. The Balaban J connectivity index is 2.13. The maximum Gasteiger partial charge on any atom is 0.254 e. The van der Waals surface area contributed by atoms with Crippen molar-refractivity contribution in [1.29, 1.82) is 0 Å². The van der Waals surface area contributed by atoms with Crippen LogP contribution in [0.2, 0.25) is 0 Å². The van der Waals surface area contributed by atoms with Crippen LogP contribution in [0.5, 0.6) is 5.75 Å². The van der Waals surface area contributed by atoms with Gasteiger partial charge in [-0.3, -0.25) is 4.79 Å². The Morgan fingerprint density at radius 1 is 1.56 bits per heavy atom. The van der Waals surface area contributed by atoms with Gasteiger partial charge in [-0.15, -0.1) is 0 Å². The second-order valence-electron chi connectivity index (χ2n) is 4.36. The van der Waals surface area contributed by atoms with Crippen LogP contribution in [-0.4, -0.2) is 22.0 Å². The zero-order valence-electron chi connectivity index (χ0n) is 9.52. The molecule has 96 valence electrons. The molecule has 0 bridgehead atoms. The lowest BCUT2D eigenvalue weighted by molar-refractivity contribution is 0.0939. The van der Waals surface area contributed by atoms with Crippen molar-refractivity contribution in [3.63, 3.8) is 0 Å². The number of nitrogens with one attached hydrogen (secondary N) is 1. The first-order valence-corrected chi connectivity index (χ1v) is 5.98. The van der Waals surface area contributed by atoms with Gasteiger partial charge in [-0.25, -0.2) is 4.39 Å². The first kappa shape index (κ1) is 12.8. The maximum absolute atomic E-state index is 13.5. The van der Waals surface area contributed by atoms with Gasteiger partial charge in [0.05, 0.1) is 16.6 Å². The number of hydrogen-bond donors (Lipinski definition) is 3. The number of carbonyl (C=O) groups excluding carboxylic acids is 1. The van der Waals surface area contributed by atoms with E-state index in [0.717, 1.165) is 18.9 Å². The molecule has 1 saturated carbocycles. The quantitative estimate of drug-likeness (QED) is 0.720. The highest BCUT2D eigenvalue weighted by molar-refractivity contribution is 7.80. The number of benzene rings is 1. The van der Waals surface area contributed by atoms with E-state index in [1.165, 1.54) is 12.1 Å². The van der Waals surface area contributed by atoms with E-state index in [0.29, 0.717) is 0 Å². The number of carbonyl (C=O) groups is 1. The largest absolute Gasteiger partial charge is 0.508 e. The second-order valence-corrected chi connectivity index (χ2v) is 4.83. The van der Waals surface area contributed by atoms with E-state index in [4.69, 9.17) is 23.1 Å². The van der Waals surface area contributed by atoms with Gasteiger partial charge in [0.1, 0.15) is 11.6 Å². The fourth-order valence-electron chi connectivity index (χ4n) is 1.76. The minimum absolute atomic E-state index is 0.130. The van der Waals surface area contributed by atoms with Crippen LogP contribution in [0, 0.1) is 11.7 Å². The number of halogens is 1. The normalized spacial score (nSPS) is 16.1. The molecule has 0 radical (unpaired) electrons. The third-order valence-corrected chi connectivity index (χ3v) is 3.14. The Kier molecular flexibility index (Phi) is 3.47. The lowest BCUT2D eigenvalue weighted by Crippen LogP contribution is -2.45. The standard InChI is InChI=1S/C12H13FN2O2S/c13-9-5-7(16)3-4-8(9)12(17)15-10(11(14)18)6-1-2-6/h3-6,10,16H,1-2H2,(H2,14,18)(H,15,17). The zero-order chi connectivity index (χ0) is 13.3. The molecule has 0 aromatic heterocycles. The highest BCUT2D eigenvalue weighted by Gasteiger charge is 2.34. The van der Waals surface area contributed by atoms with Crippen LogP contribution < -0.4 is 11.1 Å². The summed E-state index contributed by atoms with van der Waals surface area (Å²) in [6, 6.07) is 2.98. The van der Waals surface area contributed by atoms with Crippen LogP contribution in [0.1, 0.15) is 23.2 Å². The van der Waals surface area contributed by atoms with Crippen LogP contribution >= 0.6 is 12.2 Å². The molecule has 1 aromatic rings. The zero-order valence-corrected chi connectivity index (χ0v) is 10.3.